The first-order valence-corrected chi connectivity index (χ1v) is 4.50. The van der Waals surface area contributed by atoms with Gasteiger partial charge in [0.2, 0.25) is 0 Å². The van der Waals surface area contributed by atoms with Crippen molar-refractivity contribution in [2.75, 3.05) is 0 Å². The van der Waals surface area contributed by atoms with Crippen LogP contribution in [0.2, 0.25) is 0 Å². The fraction of sp³-hybridized carbons (Fsp3) is 0. The second kappa shape index (κ2) is 3.13. The number of rotatable bonds is 1. The van der Waals surface area contributed by atoms with E-state index in [0.717, 1.165) is 11.3 Å². The quantitative estimate of drug-likeness (QED) is 0.588. The van der Waals surface area contributed by atoms with Gasteiger partial charge in [-0.05, 0) is 18.2 Å². The van der Waals surface area contributed by atoms with Crippen molar-refractivity contribution in [1.82, 2.24) is 24.6 Å². The number of fused-ring (bicyclic) bond motifs is 1. The minimum Gasteiger partial charge on any atom is -0.273 e. The van der Waals surface area contributed by atoms with E-state index >= 15 is 0 Å². The van der Waals surface area contributed by atoms with Crippen molar-refractivity contribution in [3.63, 3.8) is 0 Å². The average molecular weight is 197 g/mol. The molecule has 0 fully saturated rings. The Bertz CT molecular complexity index is 587. The Labute approximate surface area is 85.5 Å². The van der Waals surface area contributed by atoms with Crippen molar-refractivity contribution in [2.45, 2.75) is 0 Å². The molecule has 0 aliphatic heterocycles. The van der Waals surface area contributed by atoms with Crippen molar-refractivity contribution in [3.05, 3.63) is 43.1 Å². The Hall–Kier alpha value is -2.30. The number of nitrogens with zero attached hydrogens (tertiary/aromatic N) is 5. The van der Waals surface area contributed by atoms with Gasteiger partial charge in [0.15, 0.2) is 0 Å². The Morgan fingerprint density at radius 1 is 1.07 bits per heavy atom. The molecule has 0 spiro atoms. The van der Waals surface area contributed by atoms with E-state index in [-0.39, 0.29) is 0 Å². The third-order valence-corrected chi connectivity index (χ3v) is 2.14. The molecule has 3 rings (SSSR count). The van der Waals surface area contributed by atoms with Gasteiger partial charge in [-0.25, -0.2) is 4.98 Å². The van der Waals surface area contributed by atoms with Crippen LogP contribution in [0.5, 0.6) is 0 Å². The molecule has 5 nitrogen and oxygen atoms in total. The van der Waals surface area contributed by atoms with Gasteiger partial charge in [-0.15, -0.1) is 10.2 Å². The van der Waals surface area contributed by atoms with Crippen LogP contribution in [0.15, 0.2) is 43.1 Å². The zero-order valence-electron chi connectivity index (χ0n) is 7.78. The van der Waals surface area contributed by atoms with Crippen molar-refractivity contribution in [2.24, 2.45) is 0 Å². The molecular weight excluding hydrogens is 190 g/mol. The minimum absolute atomic E-state index is 0.601. The molecule has 0 unspecified atom stereocenters. The van der Waals surface area contributed by atoms with Crippen LogP contribution < -0.4 is 0 Å². The summed E-state index contributed by atoms with van der Waals surface area (Å²) in [5.74, 6) is 0.601. The van der Waals surface area contributed by atoms with Gasteiger partial charge in [-0.3, -0.25) is 9.38 Å². The van der Waals surface area contributed by atoms with E-state index < -0.39 is 0 Å². The van der Waals surface area contributed by atoms with E-state index in [1.54, 1.807) is 23.1 Å². The summed E-state index contributed by atoms with van der Waals surface area (Å²) in [5.41, 5.74) is 1.90. The highest BCUT2D eigenvalue weighted by Crippen LogP contribution is 2.15. The van der Waals surface area contributed by atoms with E-state index in [4.69, 9.17) is 0 Å². The van der Waals surface area contributed by atoms with Gasteiger partial charge in [-0.2, -0.15) is 0 Å². The van der Waals surface area contributed by atoms with Crippen LogP contribution in [0.25, 0.3) is 17.0 Å². The van der Waals surface area contributed by atoms with Gasteiger partial charge >= 0.3 is 0 Å². The third kappa shape index (κ3) is 1.34. The van der Waals surface area contributed by atoms with Gasteiger partial charge in [0.1, 0.15) is 6.33 Å². The summed E-state index contributed by atoms with van der Waals surface area (Å²) in [6, 6.07) is 5.75. The van der Waals surface area contributed by atoms with Gasteiger partial charge in [0, 0.05) is 24.2 Å². The third-order valence-electron chi connectivity index (χ3n) is 2.14. The van der Waals surface area contributed by atoms with Crippen LogP contribution >= 0.6 is 0 Å². The molecule has 72 valence electrons. The summed E-state index contributed by atoms with van der Waals surface area (Å²) >= 11 is 0. The van der Waals surface area contributed by atoms with Crippen LogP contribution in [-0.2, 0) is 0 Å². The molecule has 0 saturated carbocycles. The van der Waals surface area contributed by atoms with Crippen molar-refractivity contribution < 1.29 is 0 Å². The molecule has 0 aliphatic rings. The summed E-state index contributed by atoms with van der Waals surface area (Å²) in [6.45, 7) is 0. The zero-order valence-corrected chi connectivity index (χ0v) is 7.78. The molecule has 0 atom stereocenters. The molecule has 0 aromatic carbocycles. The Balaban J connectivity index is 2.19. The summed E-state index contributed by atoms with van der Waals surface area (Å²) in [6.07, 6.45) is 6.99. The molecule has 0 saturated heterocycles. The van der Waals surface area contributed by atoms with Crippen molar-refractivity contribution in [3.8, 4) is 11.3 Å². The highest BCUT2D eigenvalue weighted by molar-refractivity contribution is 5.59. The standard InChI is InChI=1S/C10H7N5/c1-4-11-5-2-8(1)9-3-6-15-7-12-14-10(15)13-9/h1-7H. The van der Waals surface area contributed by atoms with Crippen LogP contribution in [0, 0.1) is 0 Å². The predicted octanol–water partition coefficient (Wildman–Crippen LogP) is 1.19. The van der Waals surface area contributed by atoms with Crippen molar-refractivity contribution >= 4 is 5.78 Å². The lowest BCUT2D eigenvalue weighted by Gasteiger charge is -1.99. The van der Waals surface area contributed by atoms with Gasteiger partial charge in [0.25, 0.3) is 5.78 Å². The molecule has 3 aromatic heterocycles. The zero-order chi connectivity index (χ0) is 10.1. The van der Waals surface area contributed by atoms with E-state index in [9.17, 15) is 0 Å². The number of hydrogen-bond acceptors (Lipinski definition) is 4. The lowest BCUT2D eigenvalue weighted by Crippen LogP contribution is -1.90. The molecule has 0 amide bonds. The van der Waals surface area contributed by atoms with Crippen LogP contribution in [0.3, 0.4) is 0 Å². The second-order valence-corrected chi connectivity index (χ2v) is 3.09. The highest BCUT2D eigenvalue weighted by atomic mass is 15.3. The second-order valence-electron chi connectivity index (χ2n) is 3.09. The molecule has 3 aromatic rings. The number of pyridine rings is 1. The summed E-state index contributed by atoms with van der Waals surface area (Å²) in [4.78, 5) is 8.33. The summed E-state index contributed by atoms with van der Waals surface area (Å²) < 4.78 is 1.77. The predicted molar refractivity (Wildman–Crippen MR) is 54.0 cm³/mol. The monoisotopic (exact) mass is 197 g/mol. The van der Waals surface area contributed by atoms with E-state index in [2.05, 4.69) is 20.2 Å². The van der Waals surface area contributed by atoms with Crippen molar-refractivity contribution in [1.29, 1.82) is 0 Å². The molecule has 3 heterocycles. The molecule has 0 aliphatic carbocycles. The normalized spacial score (nSPS) is 10.7. The smallest absolute Gasteiger partial charge is 0.255 e. The van der Waals surface area contributed by atoms with Gasteiger partial charge < -0.3 is 0 Å². The molecule has 0 radical (unpaired) electrons. The molecule has 15 heavy (non-hydrogen) atoms. The summed E-state index contributed by atoms with van der Waals surface area (Å²) in [7, 11) is 0. The maximum absolute atomic E-state index is 4.37. The largest absolute Gasteiger partial charge is 0.273 e. The molecule has 0 bridgehead atoms. The fourth-order valence-electron chi connectivity index (χ4n) is 1.40. The topological polar surface area (TPSA) is 56.0 Å². The maximum Gasteiger partial charge on any atom is 0.255 e. The maximum atomic E-state index is 4.37. The summed E-state index contributed by atoms with van der Waals surface area (Å²) in [5, 5.41) is 7.67. The SMILES string of the molecule is c1cc(-c2ccn3cnnc3n2)ccn1. The lowest BCUT2D eigenvalue weighted by atomic mass is 10.2. The average Bonchev–Trinajstić information content (AvgIpc) is 2.77. The first-order valence-electron chi connectivity index (χ1n) is 4.50. The minimum atomic E-state index is 0.601. The Morgan fingerprint density at radius 2 is 1.93 bits per heavy atom. The van der Waals surface area contributed by atoms with Gasteiger partial charge in [0.05, 0.1) is 5.69 Å². The van der Waals surface area contributed by atoms with Gasteiger partial charge in [-0.1, -0.05) is 0 Å². The number of aromatic nitrogens is 5. The van der Waals surface area contributed by atoms with Crippen LogP contribution in [0.4, 0.5) is 0 Å². The van der Waals surface area contributed by atoms with Crippen LogP contribution in [-0.4, -0.2) is 24.6 Å². The highest BCUT2D eigenvalue weighted by Gasteiger charge is 2.01. The Morgan fingerprint density at radius 3 is 2.80 bits per heavy atom. The van der Waals surface area contributed by atoms with E-state index in [1.165, 1.54) is 0 Å². The molecule has 5 heteroatoms. The first-order chi connectivity index (χ1) is 7.43. The Kier molecular flexibility index (Phi) is 1.68. The number of hydrogen-bond donors (Lipinski definition) is 0. The van der Waals surface area contributed by atoms with E-state index in [0.29, 0.717) is 5.78 Å². The fourth-order valence-corrected chi connectivity index (χ4v) is 1.40. The molecular formula is C10H7N5. The lowest BCUT2D eigenvalue weighted by molar-refractivity contribution is 1.10. The molecule has 0 N–H and O–H groups in total. The van der Waals surface area contributed by atoms with Crippen LogP contribution in [0.1, 0.15) is 0 Å². The van der Waals surface area contributed by atoms with E-state index in [1.807, 2.05) is 24.4 Å². The first kappa shape index (κ1) is 8.05.